The summed E-state index contributed by atoms with van der Waals surface area (Å²) in [5, 5.41) is 5.45. The molecule has 1 fully saturated rings. The third kappa shape index (κ3) is 4.08. The normalized spacial score (nSPS) is 15.9. The summed E-state index contributed by atoms with van der Waals surface area (Å²) >= 11 is 7.79. The van der Waals surface area contributed by atoms with E-state index < -0.39 is 0 Å². The fraction of sp³-hybridized carbons (Fsp3) is 0.389. The number of anilines is 1. The molecule has 3 rings (SSSR count). The average molecular weight is 380 g/mol. The van der Waals surface area contributed by atoms with Crippen LogP contribution in [0.25, 0.3) is 0 Å². The standard InChI is InChI=1S/C18H22ClN3O2S/c1-24-16-10-14(20)13(19)9-12(16)18(23)21-11-15(17-5-4-8-25-17)22-6-2-3-7-22/h4-5,8-10,15H,2-3,6-7,11,20H2,1H3,(H,21,23). The van der Waals surface area contributed by atoms with E-state index >= 15 is 0 Å². The molecule has 25 heavy (non-hydrogen) atoms. The van der Waals surface area contributed by atoms with Crippen LogP contribution in [0.5, 0.6) is 5.75 Å². The summed E-state index contributed by atoms with van der Waals surface area (Å²) in [5.74, 6) is 0.216. The van der Waals surface area contributed by atoms with Crippen LogP contribution < -0.4 is 15.8 Å². The lowest BCUT2D eigenvalue weighted by Gasteiger charge is -2.27. The van der Waals surface area contributed by atoms with Crippen molar-refractivity contribution >= 4 is 34.5 Å². The number of halogens is 1. The van der Waals surface area contributed by atoms with Gasteiger partial charge in [0.1, 0.15) is 5.75 Å². The SMILES string of the molecule is COc1cc(N)c(Cl)cc1C(=O)NCC(c1cccs1)N1CCCC1. The predicted molar refractivity (Wildman–Crippen MR) is 103 cm³/mol. The van der Waals surface area contributed by atoms with Crippen LogP contribution in [0.3, 0.4) is 0 Å². The molecule has 1 aliphatic rings. The van der Waals surface area contributed by atoms with Gasteiger partial charge in [-0.3, -0.25) is 9.69 Å². The molecule has 2 heterocycles. The molecule has 1 amide bonds. The Kier molecular flexibility index (Phi) is 5.83. The first-order valence-electron chi connectivity index (χ1n) is 8.29. The number of methoxy groups -OCH3 is 1. The van der Waals surface area contributed by atoms with Crippen LogP contribution in [0, 0.1) is 0 Å². The molecule has 0 bridgehead atoms. The van der Waals surface area contributed by atoms with Crippen LogP contribution in [0.2, 0.25) is 5.02 Å². The van der Waals surface area contributed by atoms with Crippen LogP contribution in [-0.4, -0.2) is 37.6 Å². The second-order valence-corrected chi connectivity index (χ2v) is 7.44. The topological polar surface area (TPSA) is 67.6 Å². The third-order valence-corrected chi connectivity index (χ3v) is 5.77. The van der Waals surface area contributed by atoms with Crippen molar-refractivity contribution in [2.45, 2.75) is 18.9 Å². The Morgan fingerprint density at radius 3 is 2.84 bits per heavy atom. The van der Waals surface area contributed by atoms with Crippen LogP contribution >= 0.6 is 22.9 Å². The molecular formula is C18H22ClN3O2S. The van der Waals surface area contributed by atoms with Gasteiger partial charge in [-0.15, -0.1) is 11.3 Å². The number of amides is 1. The number of hydrogen-bond acceptors (Lipinski definition) is 5. The van der Waals surface area contributed by atoms with E-state index in [9.17, 15) is 4.79 Å². The molecule has 134 valence electrons. The minimum Gasteiger partial charge on any atom is -0.496 e. The highest BCUT2D eigenvalue weighted by Gasteiger charge is 2.25. The van der Waals surface area contributed by atoms with E-state index in [1.54, 1.807) is 23.5 Å². The number of ether oxygens (including phenoxy) is 1. The minimum atomic E-state index is -0.209. The van der Waals surface area contributed by atoms with Gasteiger partial charge in [0.15, 0.2) is 0 Å². The second kappa shape index (κ2) is 8.08. The number of nitrogens with two attached hydrogens (primary N) is 1. The highest BCUT2D eigenvalue weighted by Crippen LogP contribution is 2.30. The van der Waals surface area contributed by atoms with Gasteiger partial charge in [-0.25, -0.2) is 0 Å². The Labute approximate surface area is 156 Å². The van der Waals surface area contributed by atoms with Gasteiger partial charge in [0.25, 0.3) is 5.91 Å². The lowest BCUT2D eigenvalue weighted by Crippen LogP contribution is -2.36. The van der Waals surface area contributed by atoms with Crippen molar-refractivity contribution in [1.82, 2.24) is 10.2 Å². The second-order valence-electron chi connectivity index (χ2n) is 6.06. The van der Waals surface area contributed by atoms with Gasteiger partial charge in [0.2, 0.25) is 0 Å². The fourth-order valence-electron chi connectivity index (χ4n) is 3.14. The number of thiophene rings is 1. The van der Waals surface area contributed by atoms with E-state index in [-0.39, 0.29) is 11.9 Å². The van der Waals surface area contributed by atoms with Gasteiger partial charge in [0, 0.05) is 17.5 Å². The number of carbonyl (C=O) groups excluding carboxylic acids is 1. The highest BCUT2D eigenvalue weighted by molar-refractivity contribution is 7.10. The number of likely N-dealkylation sites (tertiary alicyclic amines) is 1. The molecule has 1 aromatic carbocycles. The Morgan fingerprint density at radius 2 is 2.20 bits per heavy atom. The van der Waals surface area contributed by atoms with E-state index in [2.05, 4.69) is 21.7 Å². The summed E-state index contributed by atoms with van der Waals surface area (Å²) < 4.78 is 5.27. The molecule has 0 radical (unpaired) electrons. The molecule has 0 aliphatic carbocycles. The number of hydrogen-bond donors (Lipinski definition) is 2. The molecule has 0 spiro atoms. The van der Waals surface area contributed by atoms with Gasteiger partial charge in [-0.2, -0.15) is 0 Å². The van der Waals surface area contributed by atoms with Gasteiger partial charge in [-0.1, -0.05) is 17.7 Å². The molecule has 1 atom stereocenters. The van der Waals surface area contributed by atoms with Crippen molar-refractivity contribution in [3.8, 4) is 5.75 Å². The maximum absolute atomic E-state index is 12.7. The van der Waals surface area contributed by atoms with E-state index in [4.69, 9.17) is 22.1 Å². The number of nitrogen functional groups attached to an aromatic ring is 1. The molecule has 1 unspecified atom stereocenters. The molecule has 0 saturated carbocycles. The van der Waals surface area contributed by atoms with E-state index in [1.807, 2.05) is 6.07 Å². The smallest absolute Gasteiger partial charge is 0.255 e. The van der Waals surface area contributed by atoms with E-state index in [1.165, 1.54) is 24.8 Å². The molecule has 3 N–H and O–H groups in total. The largest absolute Gasteiger partial charge is 0.496 e. The maximum atomic E-state index is 12.7. The first kappa shape index (κ1) is 18.0. The molecule has 2 aromatic rings. The number of nitrogens with zero attached hydrogens (tertiary/aromatic N) is 1. The van der Waals surface area contributed by atoms with E-state index in [0.29, 0.717) is 28.6 Å². The average Bonchev–Trinajstić information content (AvgIpc) is 3.31. The number of carbonyl (C=O) groups is 1. The van der Waals surface area contributed by atoms with Crippen molar-refractivity contribution in [3.05, 3.63) is 45.1 Å². The zero-order chi connectivity index (χ0) is 17.8. The molecule has 5 nitrogen and oxygen atoms in total. The van der Waals surface area contributed by atoms with E-state index in [0.717, 1.165) is 13.1 Å². The van der Waals surface area contributed by atoms with Crippen molar-refractivity contribution in [1.29, 1.82) is 0 Å². The van der Waals surface area contributed by atoms with Gasteiger partial charge in [-0.05, 0) is 43.4 Å². The Hall–Kier alpha value is -1.76. The summed E-state index contributed by atoms with van der Waals surface area (Å²) in [6, 6.07) is 7.51. The van der Waals surface area contributed by atoms with Crippen LogP contribution in [0.4, 0.5) is 5.69 Å². The summed E-state index contributed by atoms with van der Waals surface area (Å²) in [4.78, 5) is 16.4. The molecule has 7 heteroatoms. The maximum Gasteiger partial charge on any atom is 0.255 e. The van der Waals surface area contributed by atoms with Crippen molar-refractivity contribution < 1.29 is 9.53 Å². The summed E-state index contributed by atoms with van der Waals surface area (Å²) in [6.45, 7) is 2.68. The molecule has 1 saturated heterocycles. The molecule has 1 aromatic heterocycles. The highest BCUT2D eigenvalue weighted by atomic mass is 35.5. The lowest BCUT2D eigenvalue weighted by atomic mass is 10.1. The quantitative estimate of drug-likeness (QED) is 0.753. The van der Waals surface area contributed by atoms with Gasteiger partial charge >= 0.3 is 0 Å². The first-order chi connectivity index (χ1) is 12.1. The van der Waals surface area contributed by atoms with Gasteiger partial charge < -0.3 is 15.8 Å². The Bertz CT molecular complexity index is 730. The van der Waals surface area contributed by atoms with Crippen molar-refractivity contribution in [2.24, 2.45) is 0 Å². The van der Waals surface area contributed by atoms with Crippen LogP contribution in [0.1, 0.15) is 34.1 Å². The van der Waals surface area contributed by atoms with Crippen LogP contribution in [-0.2, 0) is 0 Å². The van der Waals surface area contributed by atoms with Crippen molar-refractivity contribution in [3.63, 3.8) is 0 Å². The van der Waals surface area contributed by atoms with Gasteiger partial charge in [0.05, 0.1) is 29.4 Å². The first-order valence-corrected chi connectivity index (χ1v) is 9.54. The summed E-state index contributed by atoms with van der Waals surface area (Å²) in [6.07, 6.45) is 2.41. The van der Waals surface area contributed by atoms with Crippen molar-refractivity contribution in [2.75, 3.05) is 32.5 Å². The zero-order valence-electron chi connectivity index (χ0n) is 14.1. The number of nitrogens with one attached hydrogen (secondary N) is 1. The number of rotatable bonds is 6. The lowest BCUT2D eigenvalue weighted by molar-refractivity contribution is 0.0935. The zero-order valence-corrected chi connectivity index (χ0v) is 15.7. The fourth-order valence-corrected chi connectivity index (χ4v) is 4.17. The monoisotopic (exact) mass is 379 g/mol. The number of benzene rings is 1. The van der Waals surface area contributed by atoms with Crippen LogP contribution in [0.15, 0.2) is 29.6 Å². The Balaban J connectivity index is 1.75. The summed E-state index contributed by atoms with van der Waals surface area (Å²) in [5.41, 5.74) is 6.57. The Morgan fingerprint density at radius 1 is 1.44 bits per heavy atom. The predicted octanol–water partition coefficient (Wildman–Crippen LogP) is 3.56. The molecule has 1 aliphatic heterocycles. The summed E-state index contributed by atoms with van der Waals surface area (Å²) in [7, 11) is 1.51. The minimum absolute atomic E-state index is 0.196. The third-order valence-electron chi connectivity index (χ3n) is 4.47. The molecular weight excluding hydrogens is 358 g/mol.